The van der Waals surface area contributed by atoms with Crippen molar-refractivity contribution in [1.82, 2.24) is 14.8 Å². The van der Waals surface area contributed by atoms with Gasteiger partial charge in [-0.25, -0.2) is 0 Å². The van der Waals surface area contributed by atoms with Gasteiger partial charge in [0.1, 0.15) is 11.9 Å². The van der Waals surface area contributed by atoms with Crippen molar-refractivity contribution in [2.75, 3.05) is 6.61 Å². The SMILES string of the molecule is CCCOc1cncc(C(O)c2cnn(C)c2C)c1. The van der Waals surface area contributed by atoms with Crippen LogP contribution in [0.25, 0.3) is 0 Å². The number of aliphatic hydroxyl groups excluding tert-OH is 1. The minimum absolute atomic E-state index is 0.646. The van der Waals surface area contributed by atoms with Gasteiger partial charge in [0.2, 0.25) is 0 Å². The number of pyridine rings is 1. The molecule has 0 spiro atoms. The lowest BCUT2D eigenvalue weighted by Crippen LogP contribution is -2.04. The second kappa shape index (κ2) is 5.84. The second-order valence-corrected chi connectivity index (χ2v) is 4.51. The quantitative estimate of drug-likeness (QED) is 0.894. The minimum atomic E-state index is -0.730. The van der Waals surface area contributed by atoms with Crippen LogP contribution < -0.4 is 4.74 Å². The monoisotopic (exact) mass is 261 g/mol. The van der Waals surface area contributed by atoms with Crippen molar-refractivity contribution < 1.29 is 9.84 Å². The molecule has 0 aliphatic carbocycles. The number of hydrogen-bond acceptors (Lipinski definition) is 4. The third kappa shape index (κ3) is 2.93. The van der Waals surface area contributed by atoms with Gasteiger partial charge in [-0.2, -0.15) is 5.10 Å². The number of aliphatic hydroxyl groups is 1. The Hall–Kier alpha value is -1.88. The third-order valence-corrected chi connectivity index (χ3v) is 3.09. The summed E-state index contributed by atoms with van der Waals surface area (Å²) in [5.41, 5.74) is 2.44. The molecule has 19 heavy (non-hydrogen) atoms. The summed E-state index contributed by atoms with van der Waals surface area (Å²) in [5, 5.41) is 14.5. The fourth-order valence-corrected chi connectivity index (χ4v) is 1.85. The van der Waals surface area contributed by atoms with E-state index in [0.717, 1.165) is 17.7 Å². The van der Waals surface area contributed by atoms with E-state index in [1.807, 2.05) is 27.0 Å². The molecule has 1 atom stereocenters. The topological polar surface area (TPSA) is 60.2 Å². The van der Waals surface area contributed by atoms with Crippen LogP contribution in [-0.2, 0) is 7.05 Å². The summed E-state index contributed by atoms with van der Waals surface area (Å²) >= 11 is 0. The molecule has 0 aliphatic heterocycles. The highest BCUT2D eigenvalue weighted by atomic mass is 16.5. The molecule has 0 fully saturated rings. The van der Waals surface area contributed by atoms with Crippen molar-refractivity contribution >= 4 is 0 Å². The summed E-state index contributed by atoms with van der Waals surface area (Å²) < 4.78 is 7.26. The molecule has 0 amide bonds. The van der Waals surface area contributed by atoms with Crippen molar-refractivity contribution in [2.24, 2.45) is 7.05 Å². The molecule has 0 radical (unpaired) electrons. The van der Waals surface area contributed by atoms with Gasteiger partial charge in [-0.15, -0.1) is 0 Å². The lowest BCUT2D eigenvalue weighted by Gasteiger charge is -2.12. The Labute approximate surface area is 112 Å². The van der Waals surface area contributed by atoms with Crippen LogP contribution in [0.5, 0.6) is 5.75 Å². The second-order valence-electron chi connectivity index (χ2n) is 4.51. The first-order valence-corrected chi connectivity index (χ1v) is 6.37. The predicted molar refractivity (Wildman–Crippen MR) is 72.0 cm³/mol. The Morgan fingerprint density at radius 2 is 2.16 bits per heavy atom. The third-order valence-electron chi connectivity index (χ3n) is 3.09. The van der Waals surface area contributed by atoms with E-state index in [4.69, 9.17) is 4.74 Å². The molecule has 2 rings (SSSR count). The van der Waals surface area contributed by atoms with E-state index in [1.54, 1.807) is 23.3 Å². The van der Waals surface area contributed by atoms with Crippen LogP contribution >= 0.6 is 0 Å². The van der Waals surface area contributed by atoms with Crippen LogP contribution in [0, 0.1) is 6.92 Å². The molecule has 1 unspecified atom stereocenters. The summed E-state index contributed by atoms with van der Waals surface area (Å²) in [7, 11) is 1.85. The van der Waals surface area contributed by atoms with Crippen molar-refractivity contribution in [3.8, 4) is 5.75 Å². The molecule has 5 heteroatoms. The van der Waals surface area contributed by atoms with Crippen LogP contribution in [0.15, 0.2) is 24.7 Å². The molecule has 0 saturated carbocycles. The average molecular weight is 261 g/mol. The van der Waals surface area contributed by atoms with Crippen molar-refractivity contribution in [2.45, 2.75) is 26.4 Å². The molecular formula is C14H19N3O2. The van der Waals surface area contributed by atoms with Gasteiger partial charge in [0.05, 0.1) is 19.0 Å². The summed E-state index contributed by atoms with van der Waals surface area (Å²) in [6.45, 7) is 4.62. The van der Waals surface area contributed by atoms with E-state index < -0.39 is 6.10 Å². The van der Waals surface area contributed by atoms with E-state index in [1.165, 1.54) is 0 Å². The smallest absolute Gasteiger partial charge is 0.137 e. The first kappa shape index (κ1) is 13.5. The van der Waals surface area contributed by atoms with Crippen molar-refractivity contribution in [3.05, 3.63) is 41.5 Å². The zero-order chi connectivity index (χ0) is 13.8. The van der Waals surface area contributed by atoms with Crippen LogP contribution in [0.4, 0.5) is 0 Å². The summed E-state index contributed by atoms with van der Waals surface area (Å²) in [5.74, 6) is 0.681. The number of aromatic nitrogens is 3. The highest BCUT2D eigenvalue weighted by molar-refractivity contribution is 5.33. The van der Waals surface area contributed by atoms with E-state index in [9.17, 15) is 5.11 Å². The minimum Gasteiger partial charge on any atom is -0.492 e. The van der Waals surface area contributed by atoms with Gasteiger partial charge in [0, 0.05) is 30.1 Å². The molecule has 0 aliphatic rings. The maximum Gasteiger partial charge on any atom is 0.137 e. The molecule has 102 valence electrons. The molecule has 1 N–H and O–H groups in total. The molecule has 5 nitrogen and oxygen atoms in total. The standard InChI is InChI=1S/C14H19N3O2/c1-4-5-19-12-6-11(7-15-8-12)14(18)13-9-16-17(3)10(13)2/h6-9,14,18H,4-5H2,1-3H3. The maximum atomic E-state index is 10.4. The summed E-state index contributed by atoms with van der Waals surface area (Å²) in [4.78, 5) is 4.11. The van der Waals surface area contributed by atoms with Gasteiger partial charge in [-0.3, -0.25) is 9.67 Å². The number of ether oxygens (including phenoxy) is 1. The highest BCUT2D eigenvalue weighted by Crippen LogP contribution is 2.26. The maximum absolute atomic E-state index is 10.4. The van der Waals surface area contributed by atoms with E-state index >= 15 is 0 Å². The molecule has 0 bridgehead atoms. The zero-order valence-electron chi connectivity index (χ0n) is 11.5. The molecular weight excluding hydrogens is 242 g/mol. The molecule has 0 aromatic carbocycles. The number of aryl methyl sites for hydroxylation is 1. The molecule has 2 aromatic heterocycles. The van der Waals surface area contributed by atoms with Gasteiger partial charge in [0.25, 0.3) is 0 Å². The lowest BCUT2D eigenvalue weighted by atomic mass is 10.0. The van der Waals surface area contributed by atoms with Gasteiger partial charge in [-0.1, -0.05) is 6.92 Å². The first-order chi connectivity index (χ1) is 9.13. The fraction of sp³-hybridized carbons (Fsp3) is 0.429. The highest BCUT2D eigenvalue weighted by Gasteiger charge is 2.16. The van der Waals surface area contributed by atoms with Crippen molar-refractivity contribution in [1.29, 1.82) is 0 Å². The molecule has 2 heterocycles. The zero-order valence-corrected chi connectivity index (χ0v) is 11.5. The van der Waals surface area contributed by atoms with Gasteiger partial charge in [0.15, 0.2) is 0 Å². The van der Waals surface area contributed by atoms with E-state index in [2.05, 4.69) is 10.1 Å². The first-order valence-electron chi connectivity index (χ1n) is 6.37. The Morgan fingerprint density at radius 3 is 2.79 bits per heavy atom. The van der Waals surface area contributed by atoms with Gasteiger partial charge in [-0.05, 0) is 19.4 Å². The Bertz CT molecular complexity index is 551. The summed E-state index contributed by atoms with van der Waals surface area (Å²) in [6, 6.07) is 1.82. The molecule has 0 saturated heterocycles. The largest absolute Gasteiger partial charge is 0.492 e. The average Bonchev–Trinajstić information content (AvgIpc) is 2.76. The van der Waals surface area contributed by atoms with Crippen molar-refractivity contribution in [3.63, 3.8) is 0 Å². The van der Waals surface area contributed by atoms with E-state index in [-0.39, 0.29) is 0 Å². The normalized spacial score (nSPS) is 12.4. The number of hydrogen-bond donors (Lipinski definition) is 1. The van der Waals surface area contributed by atoms with Crippen LogP contribution in [0.1, 0.15) is 36.3 Å². The Balaban J connectivity index is 2.23. The number of rotatable bonds is 5. The Kier molecular flexibility index (Phi) is 4.16. The Morgan fingerprint density at radius 1 is 1.37 bits per heavy atom. The van der Waals surface area contributed by atoms with E-state index in [0.29, 0.717) is 17.9 Å². The van der Waals surface area contributed by atoms with Crippen LogP contribution in [0.2, 0.25) is 0 Å². The summed E-state index contributed by atoms with van der Waals surface area (Å²) in [6.07, 6.45) is 5.19. The number of nitrogens with zero attached hydrogens (tertiary/aromatic N) is 3. The van der Waals surface area contributed by atoms with Crippen LogP contribution in [-0.4, -0.2) is 26.5 Å². The van der Waals surface area contributed by atoms with Crippen LogP contribution in [0.3, 0.4) is 0 Å². The van der Waals surface area contributed by atoms with Gasteiger partial charge >= 0.3 is 0 Å². The lowest BCUT2D eigenvalue weighted by molar-refractivity contribution is 0.218. The molecule has 2 aromatic rings. The predicted octanol–water partition coefficient (Wildman–Crippen LogP) is 1.99. The fourth-order valence-electron chi connectivity index (χ4n) is 1.85. The van der Waals surface area contributed by atoms with Gasteiger partial charge < -0.3 is 9.84 Å².